The molecule has 2 saturated carbocycles. The third kappa shape index (κ3) is 4.89. The number of hydrogen-bond donors (Lipinski definition) is 3. The molecule has 2 rings (SSSR count). The third-order valence-electron chi connectivity index (χ3n) is 5.87. The van der Waals surface area contributed by atoms with Gasteiger partial charge in [-0.1, -0.05) is 45.4 Å². The summed E-state index contributed by atoms with van der Waals surface area (Å²) in [4.78, 5) is 25.4. The lowest BCUT2D eigenvalue weighted by molar-refractivity contribution is -0.137. The molecule has 2 aliphatic carbocycles. The lowest BCUT2D eigenvalue weighted by Gasteiger charge is -2.39. The average Bonchev–Trinajstić information content (AvgIpc) is 2.60. The molecule has 6 nitrogen and oxygen atoms in total. The van der Waals surface area contributed by atoms with Crippen LogP contribution in [0.2, 0.25) is 0 Å². The van der Waals surface area contributed by atoms with Gasteiger partial charge in [0.1, 0.15) is 6.54 Å². The van der Waals surface area contributed by atoms with Crippen molar-refractivity contribution in [2.45, 2.75) is 77.2 Å². The number of carboxylic acids is 1. The Morgan fingerprint density at radius 3 is 2.16 bits per heavy atom. The molecule has 0 bridgehead atoms. The number of nitrogens with zero attached hydrogens (tertiary/aromatic N) is 1. The zero-order valence-electron chi connectivity index (χ0n) is 15.5. The Kier molecular flexibility index (Phi) is 6.73. The number of carbonyl (C=O) groups is 2. The van der Waals surface area contributed by atoms with Crippen molar-refractivity contribution < 1.29 is 19.8 Å². The summed E-state index contributed by atoms with van der Waals surface area (Å²) in [5.74, 6) is -1.51. The SMILES string of the molecule is CN(/C(O)=C(/C(=O)NCC(=O)O)C1(C)CCCCC1)C1CCCCC1. The molecule has 6 heteroatoms. The van der Waals surface area contributed by atoms with E-state index in [0.717, 1.165) is 57.8 Å². The molecular weight excluding hydrogens is 320 g/mol. The Morgan fingerprint density at radius 1 is 1.04 bits per heavy atom. The van der Waals surface area contributed by atoms with Gasteiger partial charge in [0, 0.05) is 18.5 Å². The molecule has 0 aromatic carbocycles. The minimum absolute atomic E-state index is 0.0270. The first-order valence-corrected chi connectivity index (χ1v) is 9.52. The lowest BCUT2D eigenvalue weighted by Crippen LogP contribution is -2.42. The van der Waals surface area contributed by atoms with E-state index in [0.29, 0.717) is 5.57 Å². The van der Waals surface area contributed by atoms with Crippen LogP contribution in [0, 0.1) is 5.41 Å². The third-order valence-corrected chi connectivity index (χ3v) is 5.87. The van der Waals surface area contributed by atoms with Gasteiger partial charge in [-0.05, 0) is 25.7 Å². The molecule has 0 saturated heterocycles. The van der Waals surface area contributed by atoms with E-state index >= 15 is 0 Å². The van der Waals surface area contributed by atoms with Gasteiger partial charge in [0.15, 0.2) is 5.88 Å². The molecular formula is C19H32N2O4. The number of rotatable bonds is 6. The van der Waals surface area contributed by atoms with Gasteiger partial charge in [-0.25, -0.2) is 0 Å². The first-order valence-electron chi connectivity index (χ1n) is 9.52. The maximum atomic E-state index is 12.8. The summed E-state index contributed by atoms with van der Waals surface area (Å²) in [6.45, 7) is 1.59. The Bertz CT molecular complexity index is 518. The van der Waals surface area contributed by atoms with Crippen molar-refractivity contribution in [3.05, 3.63) is 11.5 Å². The molecule has 0 heterocycles. The normalized spacial score (nSPS) is 22.0. The second kappa shape index (κ2) is 8.59. The quantitative estimate of drug-likeness (QED) is 0.504. The molecule has 0 aromatic heterocycles. The first kappa shape index (κ1) is 19.6. The number of aliphatic carboxylic acids is 1. The van der Waals surface area contributed by atoms with Crippen LogP contribution in [0.3, 0.4) is 0 Å². The summed E-state index contributed by atoms with van der Waals surface area (Å²) in [5.41, 5.74) is -0.0464. The highest BCUT2D eigenvalue weighted by atomic mass is 16.4. The number of hydrogen-bond acceptors (Lipinski definition) is 4. The summed E-state index contributed by atoms with van der Waals surface area (Å²) < 4.78 is 0. The van der Waals surface area contributed by atoms with Crippen molar-refractivity contribution in [3.63, 3.8) is 0 Å². The second-order valence-electron chi connectivity index (χ2n) is 7.80. The van der Waals surface area contributed by atoms with E-state index in [9.17, 15) is 14.7 Å². The molecule has 0 aliphatic heterocycles. The molecule has 0 radical (unpaired) electrons. The topological polar surface area (TPSA) is 89.9 Å². The van der Waals surface area contributed by atoms with E-state index in [4.69, 9.17) is 5.11 Å². The van der Waals surface area contributed by atoms with Gasteiger partial charge in [0.05, 0.1) is 5.57 Å². The lowest BCUT2D eigenvalue weighted by atomic mass is 9.70. The van der Waals surface area contributed by atoms with E-state index in [1.165, 1.54) is 6.42 Å². The predicted molar refractivity (Wildman–Crippen MR) is 96.1 cm³/mol. The largest absolute Gasteiger partial charge is 0.494 e. The van der Waals surface area contributed by atoms with Gasteiger partial charge >= 0.3 is 5.97 Å². The van der Waals surface area contributed by atoms with Crippen LogP contribution in [0.25, 0.3) is 0 Å². The molecule has 3 N–H and O–H groups in total. The number of nitrogens with one attached hydrogen (secondary N) is 1. The van der Waals surface area contributed by atoms with Gasteiger partial charge in [0.2, 0.25) is 0 Å². The molecule has 0 unspecified atom stereocenters. The van der Waals surface area contributed by atoms with Crippen molar-refractivity contribution in [2.24, 2.45) is 5.41 Å². The van der Waals surface area contributed by atoms with Gasteiger partial charge < -0.3 is 20.4 Å². The highest BCUT2D eigenvalue weighted by molar-refractivity contribution is 5.96. The molecule has 1 amide bonds. The Hall–Kier alpha value is -1.72. The van der Waals surface area contributed by atoms with Crippen molar-refractivity contribution in [1.82, 2.24) is 10.2 Å². The molecule has 2 aliphatic rings. The molecule has 0 spiro atoms. The fourth-order valence-electron chi connectivity index (χ4n) is 4.29. The highest BCUT2D eigenvalue weighted by Crippen LogP contribution is 2.43. The number of amides is 1. The molecule has 2 fully saturated rings. The minimum Gasteiger partial charge on any atom is -0.494 e. The Morgan fingerprint density at radius 2 is 1.60 bits per heavy atom. The van der Waals surface area contributed by atoms with Crippen molar-refractivity contribution >= 4 is 11.9 Å². The fraction of sp³-hybridized carbons (Fsp3) is 0.789. The minimum atomic E-state index is -1.08. The van der Waals surface area contributed by atoms with E-state index in [-0.39, 0.29) is 11.9 Å². The van der Waals surface area contributed by atoms with E-state index in [2.05, 4.69) is 5.32 Å². The van der Waals surface area contributed by atoms with Gasteiger partial charge in [-0.3, -0.25) is 9.59 Å². The van der Waals surface area contributed by atoms with Crippen molar-refractivity contribution in [1.29, 1.82) is 0 Å². The van der Waals surface area contributed by atoms with E-state index in [1.807, 2.05) is 18.9 Å². The van der Waals surface area contributed by atoms with Crippen molar-refractivity contribution in [3.8, 4) is 0 Å². The molecule has 25 heavy (non-hydrogen) atoms. The summed E-state index contributed by atoms with van der Waals surface area (Å²) in [6, 6.07) is 0.239. The number of aliphatic hydroxyl groups excluding tert-OH is 1. The first-order chi connectivity index (χ1) is 11.8. The Labute approximate surface area is 150 Å². The standard InChI is InChI=1S/C19H32N2O4/c1-19(11-7-4-8-12-19)16(17(24)20-13-15(22)23)18(25)21(2)14-9-5-3-6-10-14/h14,25H,3-13H2,1-2H3,(H,20,24)(H,22,23)/b18-16+. The van der Waals surface area contributed by atoms with Crippen LogP contribution in [0.15, 0.2) is 11.5 Å². The maximum Gasteiger partial charge on any atom is 0.322 e. The molecule has 0 aromatic rings. The second-order valence-corrected chi connectivity index (χ2v) is 7.80. The number of carbonyl (C=O) groups excluding carboxylic acids is 1. The highest BCUT2D eigenvalue weighted by Gasteiger charge is 2.39. The van der Waals surface area contributed by atoms with Gasteiger partial charge in [-0.2, -0.15) is 0 Å². The zero-order chi connectivity index (χ0) is 18.4. The molecule has 142 valence electrons. The predicted octanol–water partition coefficient (Wildman–Crippen LogP) is 3.19. The van der Waals surface area contributed by atoms with Gasteiger partial charge in [-0.15, -0.1) is 0 Å². The van der Waals surface area contributed by atoms with Crippen LogP contribution in [-0.2, 0) is 9.59 Å². The fourth-order valence-corrected chi connectivity index (χ4v) is 4.29. The molecule has 0 atom stereocenters. The zero-order valence-corrected chi connectivity index (χ0v) is 15.5. The summed E-state index contributed by atoms with van der Waals surface area (Å²) in [5, 5.41) is 22.3. The van der Waals surface area contributed by atoms with Crippen LogP contribution >= 0.6 is 0 Å². The average molecular weight is 352 g/mol. The van der Waals surface area contributed by atoms with E-state index < -0.39 is 23.8 Å². The van der Waals surface area contributed by atoms with Gasteiger partial charge in [0.25, 0.3) is 5.91 Å². The smallest absolute Gasteiger partial charge is 0.322 e. The van der Waals surface area contributed by atoms with E-state index in [1.54, 1.807) is 0 Å². The summed E-state index contributed by atoms with van der Waals surface area (Å²) >= 11 is 0. The summed E-state index contributed by atoms with van der Waals surface area (Å²) in [7, 11) is 1.85. The Balaban J connectivity index is 2.30. The van der Waals surface area contributed by atoms with Crippen LogP contribution in [0.4, 0.5) is 0 Å². The number of carboxylic acid groups (broad SMARTS) is 1. The van der Waals surface area contributed by atoms with Crippen LogP contribution in [0.5, 0.6) is 0 Å². The van der Waals surface area contributed by atoms with Crippen LogP contribution in [0.1, 0.15) is 71.1 Å². The number of aliphatic hydroxyl groups is 1. The monoisotopic (exact) mass is 352 g/mol. The van der Waals surface area contributed by atoms with Crippen LogP contribution in [-0.4, -0.2) is 46.6 Å². The summed E-state index contributed by atoms with van der Waals surface area (Å²) in [6.07, 6.45) is 10.4. The van der Waals surface area contributed by atoms with Crippen LogP contribution < -0.4 is 5.32 Å². The maximum absolute atomic E-state index is 12.8. The van der Waals surface area contributed by atoms with Crippen molar-refractivity contribution in [2.75, 3.05) is 13.6 Å².